The van der Waals surface area contributed by atoms with Crippen LogP contribution in [0.15, 0.2) is 18.2 Å². The number of anilines is 2. The summed E-state index contributed by atoms with van der Waals surface area (Å²) in [6.07, 6.45) is 0.425. The van der Waals surface area contributed by atoms with Crippen molar-refractivity contribution in [3.05, 3.63) is 23.8 Å². The van der Waals surface area contributed by atoms with E-state index in [0.29, 0.717) is 18.7 Å². The van der Waals surface area contributed by atoms with Crippen molar-refractivity contribution in [1.29, 1.82) is 0 Å². The number of aryl methyl sites for hydroxylation is 1. The predicted octanol–water partition coefficient (Wildman–Crippen LogP) is 0.641. The van der Waals surface area contributed by atoms with E-state index in [-0.39, 0.29) is 11.9 Å². The molecule has 1 aliphatic rings. The second-order valence-electron chi connectivity index (χ2n) is 4.01. The molecule has 1 fully saturated rings. The zero-order chi connectivity index (χ0) is 11.0. The molecule has 2 rings (SSSR count). The van der Waals surface area contributed by atoms with E-state index >= 15 is 0 Å². The lowest BCUT2D eigenvalue weighted by atomic mass is 10.1. The third kappa shape index (κ3) is 1.80. The number of carbonyl (C=O) groups excluding carboxylic acids is 1. The average molecular weight is 205 g/mol. The van der Waals surface area contributed by atoms with Crippen molar-refractivity contribution < 1.29 is 4.79 Å². The van der Waals surface area contributed by atoms with E-state index in [1.807, 2.05) is 25.1 Å². The number of amides is 1. The van der Waals surface area contributed by atoms with Crippen molar-refractivity contribution >= 4 is 17.3 Å². The highest BCUT2D eigenvalue weighted by molar-refractivity contribution is 5.97. The van der Waals surface area contributed by atoms with Gasteiger partial charge in [-0.05, 0) is 24.6 Å². The van der Waals surface area contributed by atoms with Crippen LogP contribution in [0.3, 0.4) is 0 Å². The standard InChI is InChI=1S/C11H15N3O/c1-7-2-3-8(12)4-10(7)14-6-9(13)5-11(14)15/h2-4,9H,5-6,12-13H2,1H3. The molecule has 0 saturated carbocycles. The van der Waals surface area contributed by atoms with Crippen LogP contribution in [-0.2, 0) is 4.79 Å². The highest BCUT2D eigenvalue weighted by Gasteiger charge is 2.28. The Labute approximate surface area is 88.9 Å². The van der Waals surface area contributed by atoms with E-state index in [1.54, 1.807) is 4.90 Å². The smallest absolute Gasteiger partial charge is 0.228 e. The molecule has 0 aromatic heterocycles. The summed E-state index contributed by atoms with van der Waals surface area (Å²) in [5.74, 6) is 0.0798. The van der Waals surface area contributed by atoms with Gasteiger partial charge in [0, 0.05) is 30.4 Å². The van der Waals surface area contributed by atoms with Gasteiger partial charge in [0.25, 0.3) is 0 Å². The normalized spacial score (nSPS) is 21.1. The maximum atomic E-state index is 11.7. The number of hydrogen-bond acceptors (Lipinski definition) is 3. The Balaban J connectivity index is 2.37. The zero-order valence-corrected chi connectivity index (χ0v) is 8.73. The molecular weight excluding hydrogens is 190 g/mol. The van der Waals surface area contributed by atoms with Gasteiger partial charge in [-0.25, -0.2) is 0 Å². The third-order valence-corrected chi connectivity index (χ3v) is 2.68. The van der Waals surface area contributed by atoms with Crippen LogP contribution >= 0.6 is 0 Å². The van der Waals surface area contributed by atoms with Gasteiger partial charge >= 0.3 is 0 Å². The lowest BCUT2D eigenvalue weighted by Crippen LogP contribution is -2.28. The Morgan fingerprint density at radius 1 is 1.47 bits per heavy atom. The number of carbonyl (C=O) groups is 1. The van der Waals surface area contributed by atoms with Gasteiger partial charge in [-0.3, -0.25) is 4.79 Å². The topological polar surface area (TPSA) is 72.3 Å². The van der Waals surface area contributed by atoms with Gasteiger partial charge in [0.15, 0.2) is 0 Å². The lowest BCUT2D eigenvalue weighted by Gasteiger charge is -2.19. The first kappa shape index (κ1) is 9.98. The molecule has 15 heavy (non-hydrogen) atoms. The first-order valence-corrected chi connectivity index (χ1v) is 5.00. The van der Waals surface area contributed by atoms with Gasteiger partial charge in [-0.2, -0.15) is 0 Å². The van der Waals surface area contributed by atoms with Crippen LogP contribution in [0.25, 0.3) is 0 Å². The van der Waals surface area contributed by atoms with Crippen LogP contribution in [0.1, 0.15) is 12.0 Å². The average Bonchev–Trinajstić information content (AvgIpc) is 2.50. The van der Waals surface area contributed by atoms with Gasteiger partial charge < -0.3 is 16.4 Å². The minimum absolute atomic E-state index is 0.0571. The van der Waals surface area contributed by atoms with Crippen LogP contribution in [0, 0.1) is 6.92 Å². The number of benzene rings is 1. The second kappa shape index (κ2) is 3.55. The molecule has 1 aromatic carbocycles. The number of hydrogen-bond donors (Lipinski definition) is 2. The molecule has 0 bridgehead atoms. The van der Waals surface area contributed by atoms with Crippen LogP contribution in [0.2, 0.25) is 0 Å². The summed E-state index contributed by atoms with van der Waals surface area (Å²) in [5, 5.41) is 0. The summed E-state index contributed by atoms with van der Waals surface area (Å²) in [4.78, 5) is 13.4. The molecule has 0 radical (unpaired) electrons. The number of nitrogens with zero attached hydrogens (tertiary/aromatic N) is 1. The largest absolute Gasteiger partial charge is 0.399 e. The lowest BCUT2D eigenvalue weighted by molar-refractivity contribution is -0.117. The van der Waals surface area contributed by atoms with Gasteiger partial charge in [0.05, 0.1) is 0 Å². The molecular formula is C11H15N3O. The summed E-state index contributed by atoms with van der Waals surface area (Å²) < 4.78 is 0. The summed E-state index contributed by atoms with van der Waals surface area (Å²) in [6.45, 7) is 2.55. The number of nitrogen functional groups attached to an aromatic ring is 1. The van der Waals surface area contributed by atoms with Crippen molar-refractivity contribution in [1.82, 2.24) is 0 Å². The summed E-state index contributed by atoms with van der Waals surface area (Å²) >= 11 is 0. The predicted molar refractivity (Wildman–Crippen MR) is 60.5 cm³/mol. The highest BCUT2D eigenvalue weighted by atomic mass is 16.2. The van der Waals surface area contributed by atoms with Crippen molar-refractivity contribution in [2.75, 3.05) is 17.2 Å². The Morgan fingerprint density at radius 2 is 2.20 bits per heavy atom. The summed E-state index contributed by atoms with van der Waals surface area (Å²) in [6, 6.07) is 5.52. The first-order chi connectivity index (χ1) is 7.08. The van der Waals surface area contributed by atoms with Gasteiger partial charge in [-0.15, -0.1) is 0 Å². The molecule has 1 aliphatic heterocycles. The van der Waals surface area contributed by atoms with Crippen molar-refractivity contribution in [2.45, 2.75) is 19.4 Å². The third-order valence-electron chi connectivity index (χ3n) is 2.68. The molecule has 0 aliphatic carbocycles. The molecule has 4 heteroatoms. The monoisotopic (exact) mass is 205 g/mol. The van der Waals surface area contributed by atoms with E-state index in [0.717, 1.165) is 11.3 Å². The maximum absolute atomic E-state index is 11.7. The fourth-order valence-corrected chi connectivity index (χ4v) is 1.89. The Bertz CT molecular complexity index is 403. The first-order valence-electron chi connectivity index (χ1n) is 5.00. The Morgan fingerprint density at radius 3 is 2.80 bits per heavy atom. The molecule has 1 aromatic rings. The number of rotatable bonds is 1. The fourth-order valence-electron chi connectivity index (χ4n) is 1.89. The Hall–Kier alpha value is -1.55. The van der Waals surface area contributed by atoms with Crippen LogP contribution < -0.4 is 16.4 Å². The van der Waals surface area contributed by atoms with Gasteiger partial charge in [-0.1, -0.05) is 6.07 Å². The molecule has 1 amide bonds. The molecule has 80 valence electrons. The minimum atomic E-state index is -0.0571. The molecule has 4 N–H and O–H groups in total. The van der Waals surface area contributed by atoms with Gasteiger partial charge in [0.2, 0.25) is 5.91 Å². The summed E-state index contributed by atoms with van der Waals surface area (Å²) in [7, 11) is 0. The Kier molecular flexibility index (Phi) is 2.36. The van der Waals surface area contributed by atoms with Crippen LogP contribution in [0.5, 0.6) is 0 Å². The van der Waals surface area contributed by atoms with Crippen molar-refractivity contribution in [2.24, 2.45) is 5.73 Å². The van der Waals surface area contributed by atoms with E-state index in [4.69, 9.17) is 11.5 Å². The molecule has 1 atom stereocenters. The van der Waals surface area contributed by atoms with E-state index < -0.39 is 0 Å². The quantitative estimate of drug-likeness (QED) is 0.661. The molecule has 1 saturated heterocycles. The number of nitrogens with two attached hydrogens (primary N) is 2. The SMILES string of the molecule is Cc1ccc(N)cc1N1CC(N)CC1=O. The molecule has 0 spiro atoms. The summed E-state index contributed by atoms with van der Waals surface area (Å²) in [5.41, 5.74) is 14.1. The molecule has 1 unspecified atom stereocenters. The second-order valence-corrected chi connectivity index (χ2v) is 4.01. The molecule has 1 heterocycles. The van der Waals surface area contributed by atoms with E-state index in [1.165, 1.54) is 0 Å². The van der Waals surface area contributed by atoms with Crippen molar-refractivity contribution in [3.8, 4) is 0 Å². The minimum Gasteiger partial charge on any atom is -0.399 e. The van der Waals surface area contributed by atoms with E-state index in [2.05, 4.69) is 0 Å². The van der Waals surface area contributed by atoms with E-state index in [9.17, 15) is 4.79 Å². The maximum Gasteiger partial charge on any atom is 0.228 e. The zero-order valence-electron chi connectivity index (χ0n) is 8.73. The highest BCUT2D eigenvalue weighted by Crippen LogP contribution is 2.26. The van der Waals surface area contributed by atoms with Crippen molar-refractivity contribution in [3.63, 3.8) is 0 Å². The van der Waals surface area contributed by atoms with Crippen LogP contribution in [-0.4, -0.2) is 18.5 Å². The molecule has 4 nitrogen and oxygen atoms in total. The van der Waals surface area contributed by atoms with Gasteiger partial charge in [0.1, 0.15) is 0 Å². The van der Waals surface area contributed by atoms with Crippen LogP contribution in [0.4, 0.5) is 11.4 Å². The fraction of sp³-hybridized carbons (Fsp3) is 0.364.